The van der Waals surface area contributed by atoms with Crippen molar-refractivity contribution in [3.05, 3.63) is 59.9 Å². The van der Waals surface area contributed by atoms with Gasteiger partial charge in [-0.05, 0) is 31.3 Å². The molecule has 1 saturated heterocycles. The predicted molar refractivity (Wildman–Crippen MR) is 95.3 cm³/mol. The molecule has 2 aromatic rings. The van der Waals surface area contributed by atoms with Gasteiger partial charge in [0.05, 0.1) is 0 Å². The third-order valence-corrected chi connectivity index (χ3v) is 4.24. The number of hydrogen-bond donors (Lipinski definition) is 1. The summed E-state index contributed by atoms with van der Waals surface area (Å²) in [5, 5.41) is 2.55. The lowest BCUT2D eigenvalue weighted by Gasteiger charge is -2.32. The monoisotopic (exact) mass is 343 g/mol. The van der Waals surface area contributed by atoms with Crippen molar-refractivity contribution in [2.75, 3.05) is 38.5 Å². The van der Waals surface area contributed by atoms with Crippen LogP contribution in [0.5, 0.6) is 5.75 Å². The number of nitrogens with zero attached hydrogens (tertiary/aromatic N) is 2. The molecule has 0 atom stereocenters. The van der Waals surface area contributed by atoms with Gasteiger partial charge < -0.3 is 9.64 Å². The molecule has 25 heavy (non-hydrogen) atoms. The van der Waals surface area contributed by atoms with E-state index in [-0.39, 0.29) is 5.82 Å². The summed E-state index contributed by atoms with van der Waals surface area (Å²) in [6, 6.07) is 13.5. The maximum atomic E-state index is 14.3. The van der Waals surface area contributed by atoms with E-state index in [4.69, 9.17) is 4.74 Å². The first-order chi connectivity index (χ1) is 12.1. The van der Waals surface area contributed by atoms with E-state index < -0.39 is 6.09 Å². The lowest BCUT2D eigenvalue weighted by atomic mass is 10.1. The zero-order valence-electron chi connectivity index (χ0n) is 14.2. The number of carbonyl (C=O) groups is 1. The average Bonchev–Trinajstić information content (AvgIpc) is 2.60. The van der Waals surface area contributed by atoms with Gasteiger partial charge in [0, 0.05) is 44.0 Å². The number of rotatable bonds is 4. The Hall–Kier alpha value is -2.44. The van der Waals surface area contributed by atoms with Crippen molar-refractivity contribution in [2.24, 2.45) is 0 Å². The summed E-state index contributed by atoms with van der Waals surface area (Å²) >= 11 is 0. The number of halogens is 1. The van der Waals surface area contributed by atoms with Crippen molar-refractivity contribution < 1.29 is 13.9 Å². The highest BCUT2D eigenvalue weighted by molar-refractivity contribution is 5.86. The lowest BCUT2D eigenvalue weighted by molar-refractivity contribution is 0.147. The van der Waals surface area contributed by atoms with E-state index in [2.05, 4.69) is 22.2 Å². The van der Waals surface area contributed by atoms with Gasteiger partial charge in [-0.25, -0.2) is 9.18 Å². The van der Waals surface area contributed by atoms with Crippen molar-refractivity contribution in [3.8, 4) is 5.75 Å². The van der Waals surface area contributed by atoms with Crippen LogP contribution in [0.15, 0.2) is 48.5 Å². The fraction of sp³-hybridized carbons (Fsp3) is 0.316. The molecule has 6 heteroatoms. The van der Waals surface area contributed by atoms with Gasteiger partial charge in [0.25, 0.3) is 0 Å². The highest BCUT2D eigenvalue weighted by Gasteiger charge is 2.16. The summed E-state index contributed by atoms with van der Waals surface area (Å²) in [7, 11) is 2.09. The van der Waals surface area contributed by atoms with Crippen molar-refractivity contribution in [3.63, 3.8) is 0 Å². The van der Waals surface area contributed by atoms with E-state index in [1.54, 1.807) is 36.4 Å². The normalized spacial score (nSPS) is 15.8. The molecule has 0 aliphatic carbocycles. The quantitative estimate of drug-likeness (QED) is 0.926. The lowest BCUT2D eigenvalue weighted by Crippen LogP contribution is -2.44. The summed E-state index contributed by atoms with van der Waals surface area (Å²) in [4.78, 5) is 16.4. The molecule has 0 saturated carbocycles. The van der Waals surface area contributed by atoms with Crippen molar-refractivity contribution in [2.45, 2.75) is 6.54 Å². The highest BCUT2D eigenvalue weighted by Crippen LogP contribution is 2.18. The number of nitrogens with one attached hydrogen (secondary N) is 1. The van der Waals surface area contributed by atoms with Gasteiger partial charge >= 0.3 is 6.09 Å². The number of benzene rings is 2. The van der Waals surface area contributed by atoms with Crippen LogP contribution in [-0.2, 0) is 6.54 Å². The molecule has 0 unspecified atom stereocenters. The summed E-state index contributed by atoms with van der Waals surface area (Å²) < 4.78 is 19.5. The summed E-state index contributed by atoms with van der Waals surface area (Å²) in [6.07, 6.45) is -0.641. The summed E-state index contributed by atoms with van der Waals surface area (Å²) in [5.74, 6) is 0.114. The average molecular weight is 343 g/mol. The highest BCUT2D eigenvalue weighted by atomic mass is 19.1. The third-order valence-electron chi connectivity index (χ3n) is 4.24. The van der Waals surface area contributed by atoms with Crippen molar-refractivity contribution >= 4 is 11.8 Å². The van der Waals surface area contributed by atoms with Crippen LogP contribution in [0.25, 0.3) is 0 Å². The van der Waals surface area contributed by atoms with Gasteiger partial charge in [-0.1, -0.05) is 24.3 Å². The Kier molecular flexibility index (Phi) is 5.63. The molecule has 2 aromatic carbocycles. The first kappa shape index (κ1) is 17.4. The minimum absolute atomic E-state index is 0.323. The van der Waals surface area contributed by atoms with Crippen LogP contribution in [0.4, 0.5) is 14.9 Å². The smallest absolute Gasteiger partial charge is 0.410 e. The molecule has 132 valence electrons. The molecule has 0 aromatic heterocycles. The maximum Gasteiger partial charge on any atom is 0.417 e. The molecular weight excluding hydrogens is 321 g/mol. The first-order valence-electron chi connectivity index (χ1n) is 8.33. The van der Waals surface area contributed by atoms with E-state index in [1.807, 2.05) is 6.07 Å². The molecule has 3 rings (SSSR count). The molecule has 1 amide bonds. The number of carbonyl (C=O) groups excluding carboxylic acids is 1. The Bertz CT molecular complexity index is 716. The maximum absolute atomic E-state index is 14.3. The molecular formula is C19H22FN3O2. The zero-order chi connectivity index (χ0) is 17.6. The van der Waals surface area contributed by atoms with Crippen LogP contribution < -0.4 is 10.1 Å². The topological polar surface area (TPSA) is 44.8 Å². The summed E-state index contributed by atoms with van der Waals surface area (Å²) in [6.45, 7) is 4.42. The number of hydrogen-bond acceptors (Lipinski definition) is 4. The minimum Gasteiger partial charge on any atom is -0.410 e. The van der Waals surface area contributed by atoms with Gasteiger partial charge in [-0.3, -0.25) is 10.2 Å². The second-order valence-corrected chi connectivity index (χ2v) is 6.21. The van der Waals surface area contributed by atoms with E-state index in [0.29, 0.717) is 23.5 Å². The number of amides is 1. The summed E-state index contributed by atoms with van der Waals surface area (Å²) in [5.41, 5.74) is 1.01. The number of piperazine rings is 1. The Labute approximate surface area is 147 Å². The zero-order valence-corrected chi connectivity index (χ0v) is 14.2. The molecule has 0 bridgehead atoms. The van der Waals surface area contributed by atoms with Gasteiger partial charge in [0.1, 0.15) is 11.6 Å². The second-order valence-electron chi connectivity index (χ2n) is 6.21. The van der Waals surface area contributed by atoms with E-state index in [0.717, 1.165) is 26.2 Å². The number of anilines is 1. The Morgan fingerprint density at radius 2 is 1.84 bits per heavy atom. The van der Waals surface area contributed by atoms with Crippen molar-refractivity contribution in [1.82, 2.24) is 9.80 Å². The molecule has 0 spiro atoms. The molecule has 5 nitrogen and oxygen atoms in total. The van der Waals surface area contributed by atoms with Crippen LogP contribution >= 0.6 is 0 Å². The molecule has 1 N–H and O–H groups in total. The van der Waals surface area contributed by atoms with Crippen LogP contribution in [0.3, 0.4) is 0 Å². The third kappa shape index (κ3) is 5.01. The standard InChI is InChI=1S/C19H22FN3O2/c1-22-9-11-23(12-10-22)14-15-7-8-16(13-18(15)20)21-19(24)25-17-5-3-2-4-6-17/h2-8,13H,9-12,14H2,1H3,(H,21,24). The molecule has 1 aliphatic heterocycles. The van der Waals surface area contributed by atoms with Crippen LogP contribution in [0, 0.1) is 5.82 Å². The SMILES string of the molecule is CN1CCN(Cc2ccc(NC(=O)Oc3ccccc3)cc2F)CC1. The number of para-hydroxylation sites is 1. The van der Waals surface area contributed by atoms with Crippen LogP contribution in [0.2, 0.25) is 0 Å². The van der Waals surface area contributed by atoms with Crippen LogP contribution in [0.1, 0.15) is 5.56 Å². The van der Waals surface area contributed by atoms with E-state index in [9.17, 15) is 9.18 Å². The Morgan fingerprint density at radius 3 is 2.52 bits per heavy atom. The van der Waals surface area contributed by atoms with Gasteiger partial charge in [-0.2, -0.15) is 0 Å². The van der Waals surface area contributed by atoms with Gasteiger partial charge in [0.15, 0.2) is 0 Å². The molecule has 1 fully saturated rings. The van der Waals surface area contributed by atoms with Crippen LogP contribution in [-0.4, -0.2) is 49.1 Å². The van der Waals surface area contributed by atoms with E-state index in [1.165, 1.54) is 6.07 Å². The fourth-order valence-corrected chi connectivity index (χ4v) is 2.74. The Morgan fingerprint density at radius 1 is 1.12 bits per heavy atom. The fourth-order valence-electron chi connectivity index (χ4n) is 2.74. The van der Waals surface area contributed by atoms with E-state index >= 15 is 0 Å². The minimum atomic E-state index is -0.641. The van der Waals surface area contributed by atoms with Crippen molar-refractivity contribution in [1.29, 1.82) is 0 Å². The second kappa shape index (κ2) is 8.09. The Balaban J connectivity index is 1.57. The van der Waals surface area contributed by atoms with Gasteiger partial charge in [-0.15, -0.1) is 0 Å². The molecule has 1 heterocycles. The molecule has 0 radical (unpaired) electrons. The largest absolute Gasteiger partial charge is 0.417 e. The molecule has 1 aliphatic rings. The first-order valence-corrected chi connectivity index (χ1v) is 8.33. The predicted octanol–water partition coefficient (Wildman–Crippen LogP) is 3.18. The number of likely N-dealkylation sites (N-methyl/N-ethyl adjacent to an activating group) is 1. The number of ether oxygens (including phenoxy) is 1. The van der Waals surface area contributed by atoms with Gasteiger partial charge in [0.2, 0.25) is 0 Å².